The molecule has 0 aliphatic heterocycles. The molecule has 0 amide bonds. The Kier molecular flexibility index (Phi) is 5.14. The van der Waals surface area contributed by atoms with E-state index in [1.807, 2.05) is 0 Å². The number of benzene rings is 1. The van der Waals surface area contributed by atoms with E-state index in [1.54, 1.807) is 24.3 Å². The lowest BCUT2D eigenvalue weighted by Gasteiger charge is -1.98. The van der Waals surface area contributed by atoms with Gasteiger partial charge in [0.1, 0.15) is 0 Å². The van der Waals surface area contributed by atoms with Crippen LogP contribution < -0.4 is 10.7 Å². The number of rotatable bonds is 1. The summed E-state index contributed by atoms with van der Waals surface area (Å²) in [6.07, 6.45) is 0. The van der Waals surface area contributed by atoms with Crippen LogP contribution in [-0.4, -0.2) is 5.11 Å². The lowest BCUT2D eigenvalue weighted by Crippen LogP contribution is -2.01. The van der Waals surface area contributed by atoms with Gasteiger partial charge in [-0.3, -0.25) is 0 Å². The molecule has 4 heteroatoms. The monoisotopic (exact) mass is 166 g/mol. The summed E-state index contributed by atoms with van der Waals surface area (Å²) in [4.78, 5) is 4.29. The minimum absolute atomic E-state index is 0.0556. The maximum Gasteiger partial charge on any atom is 0.188 e. The number of para-hydroxylation sites is 2. The molecule has 0 saturated carbocycles. The maximum atomic E-state index is 8.91. The van der Waals surface area contributed by atoms with Crippen molar-refractivity contribution in [3.63, 3.8) is 0 Å². The third kappa shape index (κ3) is 3.44. The molecule has 0 fully saturated rings. The zero-order valence-corrected chi connectivity index (χ0v) is 6.69. The fourth-order valence-corrected chi connectivity index (χ4v) is 0.557. The Balaban J connectivity index is 0.000000354. The molecule has 1 aromatic carbocycles. The minimum atomic E-state index is 0.0556. The van der Waals surface area contributed by atoms with Gasteiger partial charge >= 0.3 is 0 Å². The fraction of sp³-hybridized carbons (Fsp3) is 0.125. The van der Waals surface area contributed by atoms with E-state index in [4.69, 9.17) is 16.3 Å². The Morgan fingerprint density at radius 2 is 2.00 bits per heavy atom. The summed E-state index contributed by atoms with van der Waals surface area (Å²) in [7, 11) is 0. The summed E-state index contributed by atoms with van der Waals surface area (Å²) in [6, 6.07) is 8.25. The molecule has 0 saturated heterocycles. The smallest absolute Gasteiger partial charge is 0.188 e. The highest BCUT2D eigenvalue weighted by molar-refractivity contribution is 5.37. The molecule has 3 N–H and O–H groups in total. The van der Waals surface area contributed by atoms with Crippen molar-refractivity contribution in [3.05, 3.63) is 24.3 Å². The van der Waals surface area contributed by atoms with Crippen molar-refractivity contribution in [1.82, 2.24) is 0 Å². The van der Waals surface area contributed by atoms with E-state index in [0.29, 0.717) is 0 Å². The third-order valence-corrected chi connectivity index (χ3v) is 0.992. The molecule has 0 aliphatic rings. The van der Waals surface area contributed by atoms with Crippen LogP contribution in [0.4, 0.5) is 0 Å². The van der Waals surface area contributed by atoms with E-state index in [0.717, 1.165) is 0 Å². The second-order valence-corrected chi connectivity index (χ2v) is 1.81. The Morgan fingerprint density at radius 1 is 1.50 bits per heavy atom. The minimum Gasteiger partial charge on any atom is -0.504 e. The molecule has 0 spiro atoms. The molecule has 0 aliphatic carbocycles. The van der Waals surface area contributed by atoms with Crippen molar-refractivity contribution in [2.24, 2.45) is 5.90 Å². The van der Waals surface area contributed by atoms with E-state index < -0.39 is 0 Å². The van der Waals surface area contributed by atoms with Crippen LogP contribution in [0.2, 0.25) is 0 Å². The van der Waals surface area contributed by atoms with Crippen molar-refractivity contribution >= 4 is 0 Å². The summed E-state index contributed by atoms with van der Waals surface area (Å²) in [5.41, 5.74) is 0. The second kappa shape index (κ2) is 6.01. The topological polar surface area (TPSA) is 79.3 Å². The number of phenols is 1. The van der Waals surface area contributed by atoms with E-state index in [2.05, 4.69) is 4.84 Å². The van der Waals surface area contributed by atoms with Gasteiger partial charge < -0.3 is 9.94 Å². The maximum absolute atomic E-state index is 8.91. The van der Waals surface area contributed by atoms with Gasteiger partial charge in [-0.05, 0) is 12.1 Å². The van der Waals surface area contributed by atoms with Crippen LogP contribution in [0.15, 0.2) is 24.3 Å². The quantitative estimate of drug-likeness (QED) is 0.614. The van der Waals surface area contributed by atoms with Crippen LogP contribution in [0.25, 0.3) is 0 Å². The largest absolute Gasteiger partial charge is 0.504 e. The predicted molar refractivity (Wildman–Crippen MR) is 44.2 cm³/mol. The standard InChI is InChI=1S/C6H7NO2.C2H3N/c7-9-6-4-2-1-3-5(6)8;1-2-3/h1-4,8H,7H2;1H3. The highest BCUT2D eigenvalue weighted by atomic mass is 16.6. The Morgan fingerprint density at radius 3 is 2.33 bits per heavy atom. The Bertz CT molecular complexity index is 268. The second-order valence-electron chi connectivity index (χ2n) is 1.81. The first kappa shape index (κ1) is 10.3. The van der Waals surface area contributed by atoms with E-state index in [9.17, 15) is 0 Å². The summed E-state index contributed by atoms with van der Waals surface area (Å²) >= 11 is 0. The normalized spacial score (nSPS) is 7.42. The molecular formula is C8H10N2O2. The number of nitriles is 1. The van der Waals surface area contributed by atoms with Crippen LogP contribution >= 0.6 is 0 Å². The van der Waals surface area contributed by atoms with E-state index >= 15 is 0 Å². The molecule has 0 radical (unpaired) electrons. The van der Waals surface area contributed by atoms with Crippen molar-refractivity contribution in [3.8, 4) is 17.6 Å². The zero-order chi connectivity index (χ0) is 9.40. The number of nitrogens with zero attached hydrogens (tertiary/aromatic N) is 1. The van der Waals surface area contributed by atoms with Crippen LogP contribution in [0.3, 0.4) is 0 Å². The molecular weight excluding hydrogens is 156 g/mol. The molecule has 0 unspecified atom stereocenters. The fourth-order valence-electron chi connectivity index (χ4n) is 0.557. The van der Waals surface area contributed by atoms with E-state index in [-0.39, 0.29) is 11.5 Å². The first-order valence-corrected chi connectivity index (χ1v) is 3.21. The average Bonchev–Trinajstić information content (AvgIpc) is 2.07. The van der Waals surface area contributed by atoms with Gasteiger partial charge in [0.05, 0.1) is 6.07 Å². The summed E-state index contributed by atoms with van der Waals surface area (Å²) < 4.78 is 0. The predicted octanol–water partition coefficient (Wildman–Crippen LogP) is 1.17. The van der Waals surface area contributed by atoms with Crippen molar-refractivity contribution in [1.29, 1.82) is 5.26 Å². The van der Waals surface area contributed by atoms with Crippen LogP contribution in [0.1, 0.15) is 6.92 Å². The lowest BCUT2D eigenvalue weighted by atomic mass is 10.3. The molecule has 4 nitrogen and oxygen atoms in total. The Labute approximate surface area is 70.8 Å². The molecule has 1 rings (SSSR count). The van der Waals surface area contributed by atoms with Gasteiger partial charge in [-0.2, -0.15) is 11.2 Å². The molecule has 0 atom stereocenters. The van der Waals surface area contributed by atoms with Gasteiger partial charge in [-0.1, -0.05) is 12.1 Å². The first-order valence-electron chi connectivity index (χ1n) is 3.21. The summed E-state index contributed by atoms with van der Waals surface area (Å²) in [5.74, 6) is 5.14. The van der Waals surface area contributed by atoms with Crippen molar-refractivity contribution in [2.75, 3.05) is 0 Å². The first-order chi connectivity index (χ1) is 5.76. The van der Waals surface area contributed by atoms with Crippen molar-refractivity contribution < 1.29 is 9.94 Å². The molecule has 0 heterocycles. The molecule has 12 heavy (non-hydrogen) atoms. The van der Waals surface area contributed by atoms with E-state index in [1.165, 1.54) is 13.0 Å². The summed E-state index contributed by atoms with van der Waals surface area (Å²) in [6.45, 7) is 1.43. The molecule has 1 aromatic rings. The van der Waals surface area contributed by atoms with Crippen LogP contribution in [0.5, 0.6) is 11.5 Å². The third-order valence-electron chi connectivity index (χ3n) is 0.992. The number of hydrogen-bond donors (Lipinski definition) is 2. The molecule has 0 bridgehead atoms. The highest BCUT2D eigenvalue weighted by Crippen LogP contribution is 2.22. The SMILES string of the molecule is CC#N.NOc1ccccc1O. The number of nitrogens with two attached hydrogens (primary N) is 1. The number of phenolic OH excluding ortho intramolecular Hbond substituents is 1. The van der Waals surface area contributed by atoms with Crippen LogP contribution in [0, 0.1) is 11.3 Å². The Hall–Kier alpha value is -1.73. The van der Waals surface area contributed by atoms with Gasteiger partial charge in [0.15, 0.2) is 11.5 Å². The zero-order valence-electron chi connectivity index (χ0n) is 6.69. The highest BCUT2D eigenvalue weighted by Gasteiger charge is 1.95. The van der Waals surface area contributed by atoms with Gasteiger partial charge in [0.2, 0.25) is 0 Å². The van der Waals surface area contributed by atoms with Gasteiger partial charge in [0, 0.05) is 6.92 Å². The number of aromatic hydroxyl groups is 1. The summed E-state index contributed by atoms with van der Waals surface area (Å²) in [5, 5.41) is 16.2. The average molecular weight is 166 g/mol. The van der Waals surface area contributed by atoms with Gasteiger partial charge in [0.25, 0.3) is 0 Å². The van der Waals surface area contributed by atoms with Gasteiger partial charge in [-0.15, -0.1) is 0 Å². The van der Waals surface area contributed by atoms with Gasteiger partial charge in [-0.25, -0.2) is 0 Å². The molecule has 64 valence electrons. The van der Waals surface area contributed by atoms with Crippen LogP contribution in [-0.2, 0) is 0 Å². The number of hydrogen-bond acceptors (Lipinski definition) is 4. The molecule has 0 aromatic heterocycles. The lowest BCUT2D eigenvalue weighted by molar-refractivity contribution is 0.313. The van der Waals surface area contributed by atoms with Crippen molar-refractivity contribution in [2.45, 2.75) is 6.92 Å².